The van der Waals surface area contributed by atoms with E-state index < -0.39 is 34.4 Å². The van der Waals surface area contributed by atoms with Crippen LogP contribution in [-0.4, -0.2) is 19.7 Å². The summed E-state index contributed by atoms with van der Waals surface area (Å²) in [5.41, 5.74) is -0.392. The summed E-state index contributed by atoms with van der Waals surface area (Å²) in [5, 5.41) is 21.8. The van der Waals surface area contributed by atoms with Gasteiger partial charge in [-0.25, -0.2) is 4.79 Å². The summed E-state index contributed by atoms with van der Waals surface area (Å²) in [6.45, 7) is 0. The number of azo groups is 1. The molecule has 1 heterocycles. The quantitative estimate of drug-likeness (QED) is 0.0805. The first kappa shape index (κ1) is 27.7. The third kappa shape index (κ3) is 5.44. The molecule has 0 amide bonds. The van der Waals surface area contributed by atoms with Crippen molar-refractivity contribution in [2.75, 3.05) is 0 Å². The van der Waals surface area contributed by atoms with Gasteiger partial charge in [0.15, 0.2) is 22.8 Å². The topological polar surface area (TPSA) is 139 Å². The van der Waals surface area contributed by atoms with Crippen molar-refractivity contribution in [2.45, 2.75) is 5.92 Å². The predicted molar refractivity (Wildman–Crippen MR) is 163 cm³/mol. The molecule has 0 radical (unpaired) electrons. The van der Waals surface area contributed by atoms with E-state index in [0.29, 0.717) is 16.8 Å². The van der Waals surface area contributed by atoms with Crippen molar-refractivity contribution in [3.63, 3.8) is 0 Å². The number of ketones is 1. The van der Waals surface area contributed by atoms with Crippen molar-refractivity contribution in [1.82, 2.24) is 0 Å². The highest BCUT2D eigenvalue weighted by Crippen LogP contribution is 2.43. The first-order valence-corrected chi connectivity index (χ1v) is 14.1. The van der Waals surface area contributed by atoms with Crippen LogP contribution in [0, 0.1) is 0 Å². The Balaban J connectivity index is 1.56. The smallest absolute Gasteiger partial charge is 0.357 e. The summed E-state index contributed by atoms with van der Waals surface area (Å²) < 4.78 is 31.8. The molecule has 5 aromatic carbocycles. The molecule has 2 atom stereocenters. The number of carbonyl (C=O) groups is 1. The van der Waals surface area contributed by atoms with Gasteiger partial charge in [-0.15, -0.1) is 10.2 Å². The lowest BCUT2D eigenvalue weighted by atomic mass is 9.84. The fourth-order valence-corrected chi connectivity index (χ4v) is 5.28. The van der Waals surface area contributed by atoms with Crippen molar-refractivity contribution in [1.29, 1.82) is 0 Å². The number of nitrogens with zero attached hydrogens (tertiary/aromatic N) is 2. The molecule has 2 unspecified atom stereocenters. The molecular weight excluding hydrogens is 568 g/mol. The maximum atomic E-state index is 13.8. The number of hydrogen-bond donors (Lipinski definition) is 2. The molecule has 2 N–H and O–H groups in total. The molecule has 0 spiro atoms. The van der Waals surface area contributed by atoms with Gasteiger partial charge in [-0.05, 0) is 29.1 Å². The van der Waals surface area contributed by atoms with Gasteiger partial charge in [-0.3, -0.25) is 9.35 Å². The molecule has 9 nitrogen and oxygen atoms in total. The fraction of sp³-hybridized carbons (Fsp3) is 0.0303. The van der Waals surface area contributed by atoms with E-state index in [-0.39, 0.29) is 28.0 Å². The predicted octanol–water partition coefficient (Wildman–Crippen LogP) is 7.60. The van der Waals surface area contributed by atoms with Crippen molar-refractivity contribution < 1.29 is 27.3 Å². The molecule has 0 aliphatic heterocycles. The molecule has 0 saturated carbocycles. The molecule has 0 aliphatic carbocycles. The summed E-state index contributed by atoms with van der Waals surface area (Å²) in [6.07, 6.45) is 0. The minimum atomic E-state index is -2.74. The van der Waals surface area contributed by atoms with E-state index >= 15 is 0 Å². The van der Waals surface area contributed by atoms with Gasteiger partial charge < -0.3 is 13.7 Å². The standard InChI is InChI=1S/C33H22N2O7S/c36-30(22-13-5-2-6-14-22)27(21-11-3-1-4-12-21)28-31(37)24-18-19-26(42-43(39)40)29(32(24)41-33(28)38)35-34-25-17-9-15-20-10-7-8-16-23(20)25/h1-19,27,37H,(H,39,40). The van der Waals surface area contributed by atoms with Gasteiger partial charge in [-0.1, -0.05) is 97.1 Å². The minimum absolute atomic E-state index is 0.0272. The zero-order valence-corrected chi connectivity index (χ0v) is 23.1. The SMILES string of the molecule is O=C(c1ccccc1)C(c1ccccc1)c1c(O)c2ccc(OS(=O)O)c(N=Nc3cccc4ccccc34)c2oc1=O. The van der Waals surface area contributed by atoms with Gasteiger partial charge in [-0.2, -0.15) is 4.21 Å². The van der Waals surface area contributed by atoms with Gasteiger partial charge >= 0.3 is 17.0 Å². The van der Waals surface area contributed by atoms with Crippen LogP contribution in [0.2, 0.25) is 0 Å². The Morgan fingerprint density at radius 3 is 2.21 bits per heavy atom. The molecule has 212 valence electrons. The van der Waals surface area contributed by atoms with Crippen LogP contribution >= 0.6 is 0 Å². The third-order valence-electron chi connectivity index (χ3n) is 6.95. The average molecular weight is 591 g/mol. The number of Topliss-reactive ketones (excluding diaryl/α,β-unsaturated/α-hetero) is 1. The highest BCUT2D eigenvalue weighted by Gasteiger charge is 2.32. The zero-order chi connectivity index (χ0) is 29.9. The maximum absolute atomic E-state index is 13.8. The summed E-state index contributed by atoms with van der Waals surface area (Å²) in [6, 6.07) is 32.6. The lowest BCUT2D eigenvalue weighted by Crippen LogP contribution is -2.21. The van der Waals surface area contributed by atoms with E-state index in [1.165, 1.54) is 12.1 Å². The largest absolute Gasteiger partial charge is 0.507 e. The normalized spacial score (nSPS) is 12.9. The van der Waals surface area contributed by atoms with Gasteiger partial charge in [0.2, 0.25) is 0 Å². The number of carbonyl (C=O) groups excluding carboxylic acids is 1. The van der Waals surface area contributed by atoms with Crippen molar-refractivity contribution in [2.24, 2.45) is 10.2 Å². The van der Waals surface area contributed by atoms with Crippen LogP contribution in [0.4, 0.5) is 11.4 Å². The van der Waals surface area contributed by atoms with E-state index in [9.17, 15) is 23.5 Å². The Morgan fingerprint density at radius 1 is 0.791 bits per heavy atom. The first-order valence-electron chi connectivity index (χ1n) is 13.1. The molecule has 6 aromatic rings. The second-order valence-corrected chi connectivity index (χ2v) is 10.1. The average Bonchev–Trinajstić information content (AvgIpc) is 3.03. The van der Waals surface area contributed by atoms with E-state index in [0.717, 1.165) is 10.8 Å². The van der Waals surface area contributed by atoms with Crippen LogP contribution in [0.25, 0.3) is 21.7 Å². The van der Waals surface area contributed by atoms with Crippen LogP contribution in [-0.2, 0) is 11.4 Å². The lowest BCUT2D eigenvalue weighted by molar-refractivity contribution is 0.0971. The fourth-order valence-electron chi connectivity index (χ4n) is 4.99. The van der Waals surface area contributed by atoms with Gasteiger partial charge in [0.25, 0.3) is 0 Å². The summed E-state index contributed by atoms with van der Waals surface area (Å²) >= 11 is -2.74. The lowest BCUT2D eigenvalue weighted by Gasteiger charge is -2.18. The molecule has 0 fully saturated rings. The second-order valence-electron chi connectivity index (χ2n) is 9.51. The first-order chi connectivity index (χ1) is 20.9. The Kier molecular flexibility index (Phi) is 7.61. The second kappa shape index (κ2) is 11.8. The number of aromatic hydroxyl groups is 1. The highest BCUT2D eigenvalue weighted by atomic mass is 32.2. The van der Waals surface area contributed by atoms with Crippen molar-refractivity contribution in [3.8, 4) is 11.5 Å². The van der Waals surface area contributed by atoms with Crippen LogP contribution in [0.15, 0.2) is 135 Å². The molecular formula is C33H22N2O7S. The van der Waals surface area contributed by atoms with E-state index in [2.05, 4.69) is 10.2 Å². The Bertz CT molecular complexity index is 2090. The van der Waals surface area contributed by atoms with Crippen molar-refractivity contribution >= 4 is 50.3 Å². The molecule has 0 bridgehead atoms. The zero-order valence-electron chi connectivity index (χ0n) is 22.3. The number of hydrogen-bond acceptors (Lipinski definition) is 8. The monoisotopic (exact) mass is 590 g/mol. The molecule has 43 heavy (non-hydrogen) atoms. The summed E-state index contributed by atoms with van der Waals surface area (Å²) in [7, 11) is 0. The number of benzene rings is 5. The van der Waals surface area contributed by atoms with Gasteiger partial charge in [0.05, 0.1) is 22.6 Å². The van der Waals surface area contributed by atoms with Crippen molar-refractivity contribution in [3.05, 3.63) is 142 Å². The Labute approximate surface area is 247 Å². The molecule has 6 rings (SSSR count). The van der Waals surface area contributed by atoms with E-state index in [1.54, 1.807) is 72.8 Å². The van der Waals surface area contributed by atoms with Crippen LogP contribution in [0.3, 0.4) is 0 Å². The van der Waals surface area contributed by atoms with Crippen LogP contribution < -0.4 is 9.81 Å². The highest BCUT2D eigenvalue weighted by molar-refractivity contribution is 7.74. The molecule has 1 aromatic heterocycles. The molecule has 0 saturated heterocycles. The maximum Gasteiger partial charge on any atom is 0.357 e. The van der Waals surface area contributed by atoms with Crippen LogP contribution in [0.1, 0.15) is 27.4 Å². The molecule has 0 aliphatic rings. The summed E-state index contributed by atoms with van der Waals surface area (Å²) in [4.78, 5) is 27.4. The van der Waals surface area contributed by atoms with Gasteiger partial charge in [0, 0.05) is 10.9 Å². The number of fused-ring (bicyclic) bond motifs is 2. The minimum Gasteiger partial charge on any atom is -0.507 e. The van der Waals surface area contributed by atoms with Crippen LogP contribution in [0.5, 0.6) is 11.5 Å². The summed E-state index contributed by atoms with van der Waals surface area (Å²) in [5.74, 6) is -2.32. The Morgan fingerprint density at radius 2 is 1.47 bits per heavy atom. The Hall–Kier alpha value is -5.45. The van der Waals surface area contributed by atoms with E-state index in [4.69, 9.17) is 8.60 Å². The van der Waals surface area contributed by atoms with E-state index in [1.807, 2.05) is 30.3 Å². The molecule has 10 heteroatoms. The third-order valence-corrected chi connectivity index (χ3v) is 7.27. The number of rotatable bonds is 8. The van der Waals surface area contributed by atoms with Gasteiger partial charge in [0.1, 0.15) is 5.75 Å².